The lowest BCUT2D eigenvalue weighted by Gasteiger charge is -2.23. The van der Waals surface area contributed by atoms with Crippen molar-refractivity contribution in [3.63, 3.8) is 0 Å². The van der Waals surface area contributed by atoms with Crippen molar-refractivity contribution in [1.82, 2.24) is 9.97 Å². The number of nitrogens with one attached hydrogen (secondary N) is 1. The van der Waals surface area contributed by atoms with Gasteiger partial charge in [-0.2, -0.15) is 0 Å². The second-order valence-corrected chi connectivity index (χ2v) is 7.76. The Labute approximate surface area is 184 Å². The van der Waals surface area contributed by atoms with E-state index in [4.69, 9.17) is 39.5 Å². The van der Waals surface area contributed by atoms with Gasteiger partial charge in [0.25, 0.3) is 0 Å². The van der Waals surface area contributed by atoms with E-state index in [0.717, 1.165) is 12.8 Å². The van der Waals surface area contributed by atoms with Crippen LogP contribution in [0.15, 0.2) is 18.2 Å². The lowest BCUT2D eigenvalue weighted by molar-refractivity contribution is 0.0593. The minimum atomic E-state index is -1.83. The molecule has 1 unspecified atom stereocenters. The van der Waals surface area contributed by atoms with Gasteiger partial charge in [-0.1, -0.05) is 54.7 Å². The molecule has 1 fully saturated rings. The lowest BCUT2D eigenvalue weighted by atomic mass is 9.98. The lowest BCUT2D eigenvalue weighted by Crippen LogP contribution is -2.27. The number of alkyl halides is 1. The molecule has 2 aromatic rings. The molecular formula is C20H23Cl3FN3O2. The number of methoxy groups -OCH3 is 1. The van der Waals surface area contributed by atoms with Gasteiger partial charge in [0.15, 0.2) is 11.4 Å². The third-order valence-corrected chi connectivity index (χ3v) is 5.18. The summed E-state index contributed by atoms with van der Waals surface area (Å²) in [7, 11) is 1.24. The van der Waals surface area contributed by atoms with Gasteiger partial charge in [0.1, 0.15) is 16.7 Å². The smallest absolute Gasteiger partial charge is 0.358 e. The molecule has 29 heavy (non-hydrogen) atoms. The third kappa shape index (κ3) is 5.71. The molecule has 1 aromatic carbocycles. The Hall–Kier alpha value is -1.63. The Balaban J connectivity index is 0.00000145. The number of nitrogens with zero attached hydrogens (tertiary/aromatic N) is 2. The number of ether oxygens (including phenoxy) is 1. The maximum Gasteiger partial charge on any atom is 0.358 e. The van der Waals surface area contributed by atoms with Crippen LogP contribution in [0, 0.1) is 0 Å². The van der Waals surface area contributed by atoms with E-state index in [1.165, 1.54) is 26.2 Å². The predicted octanol–water partition coefficient (Wildman–Crippen LogP) is 6.42. The summed E-state index contributed by atoms with van der Waals surface area (Å²) in [6.45, 7) is 5.21. The van der Waals surface area contributed by atoms with E-state index in [2.05, 4.69) is 15.3 Å². The number of hydrogen-bond donors (Lipinski definition) is 1. The molecule has 0 spiro atoms. The van der Waals surface area contributed by atoms with Gasteiger partial charge in [-0.3, -0.25) is 0 Å². The molecule has 1 aromatic heterocycles. The summed E-state index contributed by atoms with van der Waals surface area (Å²) in [4.78, 5) is 20.5. The molecule has 0 aliphatic heterocycles. The number of carbonyl (C=O) groups is 1. The van der Waals surface area contributed by atoms with Gasteiger partial charge < -0.3 is 10.1 Å². The Morgan fingerprint density at radius 1 is 1.28 bits per heavy atom. The number of rotatable bonds is 6. The Kier molecular flexibility index (Phi) is 8.09. The normalized spacial score (nSPS) is 15.0. The minimum Gasteiger partial charge on any atom is -0.464 e. The van der Waals surface area contributed by atoms with Crippen molar-refractivity contribution < 1.29 is 13.9 Å². The molecule has 1 N–H and O–H groups in total. The molecule has 3 rings (SSSR count). The second kappa shape index (κ2) is 9.92. The summed E-state index contributed by atoms with van der Waals surface area (Å²) >= 11 is 18.2. The monoisotopic (exact) mass is 461 g/mol. The molecule has 5 nitrogen and oxygen atoms in total. The first kappa shape index (κ1) is 23.6. The van der Waals surface area contributed by atoms with E-state index >= 15 is 4.39 Å². The van der Waals surface area contributed by atoms with Crippen LogP contribution in [0.2, 0.25) is 15.1 Å². The zero-order valence-electron chi connectivity index (χ0n) is 16.7. The van der Waals surface area contributed by atoms with Crippen LogP contribution in [0.3, 0.4) is 0 Å². The minimum absolute atomic E-state index is 0.00995. The van der Waals surface area contributed by atoms with Gasteiger partial charge in [-0.25, -0.2) is 19.2 Å². The molecular weight excluding hydrogens is 440 g/mol. The van der Waals surface area contributed by atoms with Gasteiger partial charge >= 0.3 is 5.97 Å². The molecule has 0 radical (unpaired) electrons. The third-order valence-electron chi connectivity index (χ3n) is 4.27. The number of aromatic nitrogens is 2. The fraction of sp³-hybridized carbons (Fsp3) is 0.450. The van der Waals surface area contributed by atoms with E-state index in [0.29, 0.717) is 10.8 Å². The summed E-state index contributed by atoms with van der Waals surface area (Å²) in [5, 5.41) is 3.51. The SMILES string of the molecule is CC.COC(=O)c1nc(C2CC2)nc(NCC(C)(F)c2ccc(Cl)cc2Cl)c1Cl. The van der Waals surface area contributed by atoms with Crippen LogP contribution < -0.4 is 5.32 Å². The zero-order valence-corrected chi connectivity index (χ0v) is 18.9. The van der Waals surface area contributed by atoms with Gasteiger partial charge in [-0.05, 0) is 31.9 Å². The summed E-state index contributed by atoms with van der Waals surface area (Å²) < 4.78 is 20.0. The number of hydrogen-bond acceptors (Lipinski definition) is 5. The highest BCUT2D eigenvalue weighted by Crippen LogP contribution is 2.40. The highest BCUT2D eigenvalue weighted by Gasteiger charge is 2.32. The number of anilines is 1. The summed E-state index contributed by atoms with van der Waals surface area (Å²) in [5.74, 6) is 0.181. The van der Waals surface area contributed by atoms with E-state index in [9.17, 15) is 4.79 Å². The molecule has 0 amide bonds. The van der Waals surface area contributed by atoms with Crippen molar-refractivity contribution in [3.05, 3.63) is 50.3 Å². The zero-order chi connectivity index (χ0) is 21.8. The summed E-state index contributed by atoms with van der Waals surface area (Å²) in [5.41, 5.74) is -1.59. The maximum absolute atomic E-state index is 15.3. The van der Waals surface area contributed by atoms with Crippen molar-refractivity contribution in [2.24, 2.45) is 0 Å². The van der Waals surface area contributed by atoms with Gasteiger partial charge in [0, 0.05) is 21.5 Å². The average Bonchev–Trinajstić information content (AvgIpc) is 3.53. The van der Waals surface area contributed by atoms with Gasteiger partial charge in [0.05, 0.1) is 13.7 Å². The van der Waals surface area contributed by atoms with Crippen LogP contribution in [0.25, 0.3) is 0 Å². The van der Waals surface area contributed by atoms with Crippen LogP contribution in [-0.4, -0.2) is 29.6 Å². The molecule has 1 saturated carbocycles. The van der Waals surface area contributed by atoms with E-state index in [1.54, 1.807) is 6.07 Å². The van der Waals surface area contributed by atoms with Crippen molar-refractivity contribution >= 4 is 46.6 Å². The van der Waals surface area contributed by atoms with Crippen molar-refractivity contribution in [1.29, 1.82) is 0 Å². The van der Waals surface area contributed by atoms with Gasteiger partial charge in [-0.15, -0.1) is 0 Å². The van der Waals surface area contributed by atoms with Crippen molar-refractivity contribution in [2.45, 2.75) is 45.2 Å². The largest absolute Gasteiger partial charge is 0.464 e. The van der Waals surface area contributed by atoms with E-state index < -0.39 is 11.6 Å². The standard InChI is InChI=1S/C18H17Cl3FN3O2.C2H6/c1-18(22,11-6-5-10(19)7-12(11)20)8-23-16-13(21)14(17(26)27-2)24-15(25-16)9-3-4-9;1-2/h5-7,9H,3-4,8H2,1-2H3,(H,23,24,25);1-2H3. The van der Waals surface area contributed by atoms with Crippen LogP contribution in [0.4, 0.5) is 10.2 Å². The molecule has 9 heteroatoms. The van der Waals surface area contributed by atoms with Crippen LogP contribution in [-0.2, 0) is 10.4 Å². The van der Waals surface area contributed by atoms with Crippen LogP contribution in [0.5, 0.6) is 0 Å². The summed E-state index contributed by atoms with van der Waals surface area (Å²) in [6, 6.07) is 4.58. The van der Waals surface area contributed by atoms with Crippen molar-refractivity contribution in [3.8, 4) is 0 Å². The number of esters is 1. The Morgan fingerprint density at radius 3 is 2.48 bits per heavy atom. The first-order valence-corrected chi connectivity index (χ1v) is 10.4. The van der Waals surface area contributed by atoms with Gasteiger partial charge in [0.2, 0.25) is 0 Å². The molecule has 1 aliphatic rings. The van der Waals surface area contributed by atoms with E-state index in [1.807, 2.05) is 13.8 Å². The fourth-order valence-electron chi connectivity index (χ4n) is 2.59. The molecule has 1 aliphatic carbocycles. The topological polar surface area (TPSA) is 64.1 Å². The van der Waals surface area contributed by atoms with Crippen LogP contribution >= 0.6 is 34.8 Å². The molecule has 0 bridgehead atoms. The average molecular weight is 463 g/mol. The molecule has 1 heterocycles. The number of carbonyl (C=O) groups excluding carboxylic acids is 1. The first-order chi connectivity index (χ1) is 13.7. The quantitative estimate of drug-likeness (QED) is 0.502. The summed E-state index contributed by atoms with van der Waals surface area (Å²) in [6.07, 6.45) is 1.87. The predicted molar refractivity (Wildman–Crippen MR) is 115 cm³/mol. The molecule has 158 valence electrons. The highest BCUT2D eigenvalue weighted by molar-refractivity contribution is 6.35. The first-order valence-electron chi connectivity index (χ1n) is 9.27. The highest BCUT2D eigenvalue weighted by atomic mass is 35.5. The van der Waals surface area contributed by atoms with E-state index in [-0.39, 0.29) is 39.6 Å². The van der Waals surface area contributed by atoms with Crippen LogP contribution in [0.1, 0.15) is 61.4 Å². The molecule has 0 saturated heterocycles. The number of halogens is 4. The second-order valence-electron chi connectivity index (χ2n) is 6.53. The Bertz CT molecular complexity index is 890. The van der Waals surface area contributed by atoms with Crippen molar-refractivity contribution in [2.75, 3.05) is 19.0 Å². The maximum atomic E-state index is 15.3. The molecule has 1 atom stereocenters. The number of benzene rings is 1. The fourth-order valence-corrected chi connectivity index (χ4v) is 3.43. The Morgan fingerprint density at radius 2 is 1.93 bits per heavy atom.